The summed E-state index contributed by atoms with van der Waals surface area (Å²) in [5.41, 5.74) is 6.01. The summed E-state index contributed by atoms with van der Waals surface area (Å²) in [5.74, 6) is 1.54. The molecule has 1 fully saturated rings. The molecule has 0 amide bonds. The molecular weight excluding hydrogens is 202 g/mol. The summed E-state index contributed by atoms with van der Waals surface area (Å²) in [5, 5.41) is 0. The Morgan fingerprint density at radius 1 is 1.50 bits per heavy atom. The first kappa shape index (κ1) is 13.5. The predicted octanol–water partition coefficient (Wildman–Crippen LogP) is 2.34. The van der Waals surface area contributed by atoms with Crippen LogP contribution < -0.4 is 5.73 Å². The number of carbonyl (C=O) groups excluding carboxylic acids is 1. The van der Waals surface area contributed by atoms with Gasteiger partial charge in [0.05, 0.1) is 13.5 Å². The molecule has 0 bridgehead atoms. The molecule has 0 aromatic rings. The molecule has 4 unspecified atom stereocenters. The molecule has 3 heteroatoms. The lowest BCUT2D eigenvalue weighted by Gasteiger charge is -2.34. The number of ether oxygens (including phenoxy) is 1. The van der Waals surface area contributed by atoms with Gasteiger partial charge in [-0.25, -0.2) is 0 Å². The second kappa shape index (κ2) is 6.24. The van der Waals surface area contributed by atoms with Gasteiger partial charge in [-0.3, -0.25) is 4.79 Å². The van der Waals surface area contributed by atoms with E-state index >= 15 is 0 Å². The van der Waals surface area contributed by atoms with Gasteiger partial charge >= 0.3 is 5.97 Å². The Bertz CT molecular complexity index is 228. The largest absolute Gasteiger partial charge is 0.469 e. The third kappa shape index (κ3) is 3.78. The van der Waals surface area contributed by atoms with Gasteiger partial charge in [0.25, 0.3) is 0 Å². The average molecular weight is 227 g/mol. The van der Waals surface area contributed by atoms with Gasteiger partial charge < -0.3 is 10.5 Å². The molecule has 1 aliphatic rings. The van der Waals surface area contributed by atoms with Gasteiger partial charge in [-0.2, -0.15) is 0 Å². The number of rotatable bonds is 4. The van der Waals surface area contributed by atoms with E-state index in [4.69, 9.17) is 10.5 Å². The summed E-state index contributed by atoms with van der Waals surface area (Å²) in [6.07, 6.45) is 5.50. The second-order valence-corrected chi connectivity index (χ2v) is 5.34. The zero-order valence-electron chi connectivity index (χ0n) is 10.7. The summed E-state index contributed by atoms with van der Waals surface area (Å²) in [6, 6.07) is 0.0781. The van der Waals surface area contributed by atoms with Gasteiger partial charge in [-0.1, -0.05) is 26.2 Å². The Balaban J connectivity index is 2.58. The third-order valence-electron chi connectivity index (χ3n) is 3.89. The average Bonchev–Trinajstić information content (AvgIpc) is 2.25. The van der Waals surface area contributed by atoms with E-state index in [0.29, 0.717) is 12.3 Å². The van der Waals surface area contributed by atoms with Gasteiger partial charge in [0.15, 0.2) is 0 Å². The topological polar surface area (TPSA) is 52.3 Å². The van der Waals surface area contributed by atoms with Crippen molar-refractivity contribution in [2.24, 2.45) is 23.5 Å². The van der Waals surface area contributed by atoms with Crippen LogP contribution in [0.25, 0.3) is 0 Å². The Morgan fingerprint density at radius 3 is 2.69 bits per heavy atom. The van der Waals surface area contributed by atoms with E-state index in [1.807, 2.05) is 6.92 Å². The van der Waals surface area contributed by atoms with Crippen LogP contribution in [0.2, 0.25) is 0 Å². The molecule has 3 nitrogen and oxygen atoms in total. The maximum atomic E-state index is 11.4. The summed E-state index contributed by atoms with van der Waals surface area (Å²) >= 11 is 0. The number of methoxy groups -OCH3 is 1. The number of esters is 1. The maximum absolute atomic E-state index is 11.4. The summed E-state index contributed by atoms with van der Waals surface area (Å²) in [6.45, 7) is 4.30. The number of carbonyl (C=O) groups is 1. The SMILES string of the molecule is COC(=O)CC(C(C)N)C1CCCC(C)C1. The van der Waals surface area contributed by atoms with Crippen molar-refractivity contribution in [2.75, 3.05) is 7.11 Å². The van der Waals surface area contributed by atoms with Crippen LogP contribution in [-0.4, -0.2) is 19.1 Å². The van der Waals surface area contributed by atoms with Crippen LogP contribution in [0.3, 0.4) is 0 Å². The highest BCUT2D eigenvalue weighted by molar-refractivity contribution is 5.69. The Labute approximate surface area is 98.7 Å². The molecule has 0 radical (unpaired) electrons. The molecule has 0 saturated heterocycles. The van der Waals surface area contributed by atoms with Crippen molar-refractivity contribution in [3.8, 4) is 0 Å². The van der Waals surface area contributed by atoms with Crippen molar-refractivity contribution in [2.45, 2.75) is 52.0 Å². The normalized spacial score (nSPS) is 29.5. The number of hydrogen-bond acceptors (Lipinski definition) is 3. The van der Waals surface area contributed by atoms with E-state index in [1.165, 1.54) is 32.8 Å². The highest BCUT2D eigenvalue weighted by Gasteiger charge is 2.30. The molecule has 0 aromatic heterocycles. The molecule has 94 valence electrons. The smallest absolute Gasteiger partial charge is 0.305 e. The predicted molar refractivity (Wildman–Crippen MR) is 64.9 cm³/mol. The first-order valence-electron chi connectivity index (χ1n) is 6.37. The third-order valence-corrected chi connectivity index (χ3v) is 3.89. The number of hydrogen-bond donors (Lipinski definition) is 1. The molecule has 2 N–H and O–H groups in total. The van der Waals surface area contributed by atoms with Crippen LogP contribution in [0.4, 0.5) is 0 Å². The first-order valence-corrected chi connectivity index (χ1v) is 6.37. The van der Waals surface area contributed by atoms with Gasteiger partial charge in [-0.05, 0) is 31.1 Å². The summed E-state index contributed by atoms with van der Waals surface area (Å²) in [7, 11) is 1.45. The van der Waals surface area contributed by atoms with Crippen molar-refractivity contribution in [1.82, 2.24) is 0 Å². The molecule has 0 spiro atoms. The van der Waals surface area contributed by atoms with E-state index in [9.17, 15) is 4.79 Å². The van der Waals surface area contributed by atoms with Crippen molar-refractivity contribution in [1.29, 1.82) is 0 Å². The minimum absolute atomic E-state index is 0.0781. The summed E-state index contributed by atoms with van der Waals surface area (Å²) in [4.78, 5) is 11.4. The van der Waals surface area contributed by atoms with Crippen LogP contribution in [0.5, 0.6) is 0 Å². The van der Waals surface area contributed by atoms with Gasteiger partial charge in [0, 0.05) is 6.04 Å². The highest BCUT2D eigenvalue weighted by Crippen LogP contribution is 2.36. The molecule has 4 atom stereocenters. The highest BCUT2D eigenvalue weighted by atomic mass is 16.5. The molecule has 16 heavy (non-hydrogen) atoms. The zero-order chi connectivity index (χ0) is 12.1. The Kier molecular flexibility index (Phi) is 5.26. The fourth-order valence-electron chi connectivity index (χ4n) is 2.93. The lowest BCUT2D eigenvalue weighted by Crippen LogP contribution is -2.36. The molecule has 0 heterocycles. The van der Waals surface area contributed by atoms with Crippen LogP contribution in [0.1, 0.15) is 46.0 Å². The second-order valence-electron chi connectivity index (χ2n) is 5.34. The van der Waals surface area contributed by atoms with Crippen LogP contribution in [0, 0.1) is 17.8 Å². The fourth-order valence-corrected chi connectivity index (χ4v) is 2.93. The lowest BCUT2D eigenvalue weighted by molar-refractivity contribution is -0.142. The van der Waals surface area contributed by atoms with Crippen LogP contribution >= 0.6 is 0 Å². The molecule has 0 aliphatic heterocycles. The molecule has 0 aromatic carbocycles. The van der Waals surface area contributed by atoms with E-state index in [2.05, 4.69) is 6.92 Å². The van der Waals surface area contributed by atoms with Crippen LogP contribution in [-0.2, 0) is 9.53 Å². The van der Waals surface area contributed by atoms with Crippen molar-refractivity contribution < 1.29 is 9.53 Å². The van der Waals surface area contributed by atoms with Gasteiger partial charge in [0.2, 0.25) is 0 Å². The standard InChI is InChI=1S/C13H25NO2/c1-9-5-4-6-11(7-9)12(10(2)14)8-13(15)16-3/h9-12H,4-8,14H2,1-3H3. The van der Waals surface area contributed by atoms with E-state index in [-0.39, 0.29) is 17.9 Å². The molecular formula is C13H25NO2. The molecule has 1 aliphatic carbocycles. The van der Waals surface area contributed by atoms with E-state index in [0.717, 1.165) is 5.92 Å². The first-order chi connectivity index (χ1) is 7.54. The monoisotopic (exact) mass is 227 g/mol. The maximum Gasteiger partial charge on any atom is 0.305 e. The number of nitrogens with two attached hydrogens (primary N) is 1. The van der Waals surface area contributed by atoms with E-state index in [1.54, 1.807) is 0 Å². The minimum Gasteiger partial charge on any atom is -0.469 e. The van der Waals surface area contributed by atoms with Crippen molar-refractivity contribution >= 4 is 5.97 Å². The Morgan fingerprint density at radius 2 is 2.19 bits per heavy atom. The van der Waals surface area contributed by atoms with Crippen LogP contribution in [0.15, 0.2) is 0 Å². The molecule has 1 rings (SSSR count). The van der Waals surface area contributed by atoms with Gasteiger partial charge in [0.1, 0.15) is 0 Å². The zero-order valence-corrected chi connectivity index (χ0v) is 10.7. The minimum atomic E-state index is -0.125. The van der Waals surface area contributed by atoms with Crippen molar-refractivity contribution in [3.63, 3.8) is 0 Å². The van der Waals surface area contributed by atoms with Gasteiger partial charge in [-0.15, -0.1) is 0 Å². The quantitative estimate of drug-likeness (QED) is 0.750. The van der Waals surface area contributed by atoms with E-state index < -0.39 is 0 Å². The lowest BCUT2D eigenvalue weighted by atomic mass is 9.72. The molecule has 1 saturated carbocycles. The fraction of sp³-hybridized carbons (Fsp3) is 0.923. The Hall–Kier alpha value is -0.570. The van der Waals surface area contributed by atoms with Crippen molar-refractivity contribution in [3.05, 3.63) is 0 Å². The summed E-state index contributed by atoms with van der Waals surface area (Å²) < 4.78 is 4.75.